The summed E-state index contributed by atoms with van der Waals surface area (Å²) in [7, 11) is 0. The van der Waals surface area contributed by atoms with E-state index in [0.717, 1.165) is 78.3 Å². The molecule has 2 saturated heterocycles. The van der Waals surface area contributed by atoms with Gasteiger partial charge in [-0.1, -0.05) is 24.3 Å². The van der Waals surface area contributed by atoms with E-state index in [0.29, 0.717) is 13.2 Å². The maximum atomic E-state index is 11.2. The van der Waals surface area contributed by atoms with Crippen molar-refractivity contribution in [2.75, 3.05) is 50.8 Å². The van der Waals surface area contributed by atoms with E-state index in [1.54, 1.807) is 0 Å². The number of para-hydroxylation sites is 1. The maximum absolute atomic E-state index is 11.2. The summed E-state index contributed by atoms with van der Waals surface area (Å²) in [5.74, 6) is -0.548. The van der Waals surface area contributed by atoms with Gasteiger partial charge in [-0.15, -0.1) is 0 Å². The first kappa shape index (κ1) is 23.6. The van der Waals surface area contributed by atoms with E-state index in [4.69, 9.17) is 19.8 Å². The third-order valence-electron chi connectivity index (χ3n) is 7.28. The molecule has 1 N–H and O–H groups in total. The third kappa shape index (κ3) is 4.92. The molecule has 0 atom stereocenters. The zero-order chi connectivity index (χ0) is 25.2. The SMILES string of the molecule is O=C(O)CN1CCC(c2c(C=Cc3ccc4ccccc4n3)nc3c(N4CCOCC4)ccnn23)CC1. The number of carboxylic acid groups (broad SMARTS) is 1. The van der Waals surface area contributed by atoms with Crippen LogP contribution in [0.4, 0.5) is 5.69 Å². The minimum absolute atomic E-state index is 0.0830. The number of benzene rings is 1. The van der Waals surface area contributed by atoms with E-state index in [1.165, 1.54) is 0 Å². The van der Waals surface area contributed by atoms with Gasteiger partial charge in [-0.25, -0.2) is 14.5 Å². The molecule has 0 aliphatic carbocycles. The quantitative estimate of drug-likeness (QED) is 0.431. The highest BCUT2D eigenvalue weighted by Crippen LogP contribution is 2.34. The molecular weight excluding hydrogens is 468 g/mol. The second-order valence-electron chi connectivity index (χ2n) is 9.64. The van der Waals surface area contributed by atoms with Crippen molar-refractivity contribution >= 4 is 40.4 Å². The van der Waals surface area contributed by atoms with Crippen molar-refractivity contribution in [1.82, 2.24) is 24.5 Å². The van der Waals surface area contributed by atoms with Crippen LogP contribution in [0.3, 0.4) is 0 Å². The number of piperidine rings is 1. The molecule has 3 aromatic heterocycles. The Morgan fingerprint density at radius 3 is 2.62 bits per heavy atom. The van der Waals surface area contributed by atoms with Crippen LogP contribution in [0.5, 0.6) is 0 Å². The molecule has 190 valence electrons. The number of hydrogen-bond donors (Lipinski definition) is 1. The summed E-state index contributed by atoms with van der Waals surface area (Å²) in [4.78, 5) is 25.4. The Morgan fingerprint density at radius 1 is 1.00 bits per heavy atom. The molecule has 1 aromatic carbocycles. The highest BCUT2D eigenvalue weighted by molar-refractivity contribution is 5.81. The van der Waals surface area contributed by atoms with Gasteiger partial charge < -0.3 is 14.7 Å². The normalized spacial score (nSPS) is 17.8. The molecule has 2 aliphatic heterocycles. The molecule has 0 saturated carbocycles. The molecule has 6 rings (SSSR count). The summed E-state index contributed by atoms with van der Waals surface area (Å²) < 4.78 is 7.56. The monoisotopic (exact) mass is 498 g/mol. The first-order valence-electron chi connectivity index (χ1n) is 12.8. The smallest absolute Gasteiger partial charge is 0.317 e. The molecule has 5 heterocycles. The van der Waals surface area contributed by atoms with Crippen LogP contribution in [0.15, 0.2) is 48.7 Å². The fourth-order valence-corrected chi connectivity index (χ4v) is 5.42. The van der Waals surface area contributed by atoms with Gasteiger partial charge in [0.2, 0.25) is 0 Å². The molecule has 0 bridgehead atoms. The summed E-state index contributed by atoms with van der Waals surface area (Å²) >= 11 is 0. The summed E-state index contributed by atoms with van der Waals surface area (Å²) in [5, 5.41) is 15.1. The molecule has 0 amide bonds. The van der Waals surface area contributed by atoms with E-state index < -0.39 is 5.97 Å². The zero-order valence-corrected chi connectivity index (χ0v) is 20.7. The van der Waals surface area contributed by atoms with E-state index in [-0.39, 0.29) is 12.5 Å². The number of fused-ring (bicyclic) bond motifs is 2. The van der Waals surface area contributed by atoms with Crippen LogP contribution in [0.25, 0.3) is 28.7 Å². The zero-order valence-electron chi connectivity index (χ0n) is 20.7. The van der Waals surface area contributed by atoms with E-state index in [1.807, 2.05) is 58.1 Å². The molecule has 4 aromatic rings. The lowest BCUT2D eigenvalue weighted by Crippen LogP contribution is -2.37. The van der Waals surface area contributed by atoms with Gasteiger partial charge in [-0.2, -0.15) is 5.10 Å². The van der Waals surface area contributed by atoms with Gasteiger partial charge in [0.25, 0.3) is 0 Å². The van der Waals surface area contributed by atoms with Gasteiger partial charge in [0.05, 0.1) is 54.2 Å². The standard InChI is InChI=1S/C28H30N6O3/c35-26(36)19-32-13-10-21(11-14-32)27-24(8-7-22-6-5-20-3-1-2-4-23(20)30-22)31-28-25(9-12-29-34(27)28)33-15-17-37-18-16-33/h1-9,12,21H,10-11,13-19H2,(H,35,36). The van der Waals surface area contributed by atoms with Gasteiger partial charge in [0, 0.05) is 24.4 Å². The number of carbonyl (C=O) groups is 1. The first-order chi connectivity index (χ1) is 18.2. The molecule has 0 unspecified atom stereocenters. The van der Waals surface area contributed by atoms with E-state index >= 15 is 0 Å². The second kappa shape index (κ2) is 10.3. The van der Waals surface area contributed by atoms with Gasteiger partial charge in [0.15, 0.2) is 5.65 Å². The number of morpholine rings is 1. The highest BCUT2D eigenvalue weighted by Gasteiger charge is 2.28. The number of ether oxygens (including phenoxy) is 1. The Labute approximate surface area is 215 Å². The van der Waals surface area contributed by atoms with Crippen molar-refractivity contribution in [3.63, 3.8) is 0 Å². The van der Waals surface area contributed by atoms with E-state index in [2.05, 4.69) is 17.0 Å². The molecule has 0 spiro atoms. The average Bonchev–Trinajstić information content (AvgIpc) is 3.31. The number of anilines is 1. The minimum atomic E-state index is -0.781. The van der Waals surface area contributed by atoms with Crippen LogP contribution in [-0.4, -0.2) is 81.5 Å². The molecule has 9 heteroatoms. The van der Waals surface area contributed by atoms with Crippen molar-refractivity contribution in [3.05, 3.63) is 65.7 Å². The topological polar surface area (TPSA) is 96.1 Å². The van der Waals surface area contributed by atoms with Gasteiger partial charge in [-0.3, -0.25) is 9.69 Å². The number of carboxylic acids is 1. The summed E-state index contributed by atoms with van der Waals surface area (Å²) in [6.07, 6.45) is 7.64. The van der Waals surface area contributed by atoms with E-state index in [9.17, 15) is 9.90 Å². The number of nitrogens with zero attached hydrogens (tertiary/aromatic N) is 6. The number of pyridine rings is 1. The first-order valence-corrected chi connectivity index (χ1v) is 12.8. The fraction of sp³-hybridized carbons (Fsp3) is 0.357. The van der Waals surface area contributed by atoms with Crippen molar-refractivity contribution in [3.8, 4) is 0 Å². The molecule has 37 heavy (non-hydrogen) atoms. The Balaban J connectivity index is 1.38. The highest BCUT2D eigenvalue weighted by atomic mass is 16.5. The number of imidazole rings is 1. The molecule has 2 aliphatic rings. The maximum Gasteiger partial charge on any atom is 0.317 e. The minimum Gasteiger partial charge on any atom is -0.480 e. The predicted octanol–water partition coefficient (Wildman–Crippen LogP) is 3.55. The van der Waals surface area contributed by atoms with Gasteiger partial charge in [-0.05, 0) is 56.3 Å². The Kier molecular flexibility index (Phi) is 6.55. The number of aliphatic carboxylic acids is 1. The van der Waals surface area contributed by atoms with Crippen LogP contribution in [0.1, 0.15) is 35.8 Å². The lowest BCUT2D eigenvalue weighted by atomic mass is 9.92. The van der Waals surface area contributed by atoms with Crippen molar-refractivity contribution < 1.29 is 14.6 Å². The van der Waals surface area contributed by atoms with Crippen LogP contribution in [-0.2, 0) is 9.53 Å². The fourth-order valence-electron chi connectivity index (χ4n) is 5.42. The van der Waals surface area contributed by atoms with Gasteiger partial charge >= 0.3 is 5.97 Å². The molecule has 9 nitrogen and oxygen atoms in total. The van der Waals surface area contributed by atoms with Gasteiger partial charge in [0.1, 0.15) is 0 Å². The average molecular weight is 499 g/mol. The Bertz CT molecular complexity index is 1450. The lowest BCUT2D eigenvalue weighted by molar-refractivity contribution is -0.138. The summed E-state index contributed by atoms with van der Waals surface area (Å²) in [5.41, 5.74) is 5.71. The summed E-state index contributed by atoms with van der Waals surface area (Å²) in [6, 6.07) is 14.2. The van der Waals surface area contributed by atoms with Crippen LogP contribution in [0.2, 0.25) is 0 Å². The number of rotatable bonds is 6. The van der Waals surface area contributed by atoms with Crippen molar-refractivity contribution in [2.45, 2.75) is 18.8 Å². The number of aromatic nitrogens is 4. The summed E-state index contributed by atoms with van der Waals surface area (Å²) in [6.45, 7) is 4.60. The predicted molar refractivity (Wildman–Crippen MR) is 143 cm³/mol. The number of hydrogen-bond acceptors (Lipinski definition) is 7. The second-order valence-corrected chi connectivity index (χ2v) is 9.64. The third-order valence-corrected chi connectivity index (χ3v) is 7.28. The Morgan fingerprint density at radius 2 is 1.81 bits per heavy atom. The Hall–Kier alpha value is -3.82. The largest absolute Gasteiger partial charge is 0.480 e. The van der Waals surface area contributed by atoms with Crippen LogP contribution in [0, 0.1) is 0 Å². The molecule has 2 fully saturated rings. The number of likely N-dealkylation sites (tertiary alicyclic amines) is 1. The van der Waals surface area contributed by atoms with Crippen molar-refractivity contribution in [2.24, 2.45) is 0 Å². The molecular formula is C28H30N6O3. The van der Waals surface area contributed by atoms with Crippen LogP contribution >= 0.6 is 0 Å². The van der Waals surface area contributed by atoms with Crippen molar-refractivity contribution in [1.29, 1.82) is 0 Å². The molecule has 0 radical (unpaired) electrons. The van der Waals surface area contributed by atoms with Crippen LogP contribution < -0.4 is 4.90 Å². The lowest BCUT2D eigenvalue weighted by Gasteiger charge is -2.31.